The van der Waals surface area contributed by atoms with E-state index in [4.69, 9.17) is 4.74 Å². The number of halogens is 1. The molecule has 2 N–H and O–H groups in total. The van der Waals surface area contributed by atoms with Crippen LogP contribution in [0.25, 0.3) is 0 Å². The molecule has 0 aromatic heterocycles. The Morgan fingerprint density at radius 2 is 2.11 bits per heavy atom. The second-order valence-electron chi connectivity index (χ2n) is 5.50. The van der Waals surface area contributed by atoms with Crippen molar-refractivity contribution < 1.29 is 14.2 Å². The Kier molecular flexibility index (Phi) is 5.76. The van der Waals surface area contributed by atoms with Crippen molar-refractivity contribution >= 4 is 0 Å². The molecule has 0 aliphatic carbocycles. The van der Waals surface area contributed by atoms with Crippen molar-refractivity contribution in [2.75, 3.05) is 13.7 Å². The first-order chi connectivity index (χ1) is 8.84. The summed E-state index contributed by atoms with van der Waals surface area (Å²) in [6.45, 7) is 6.64. The molecule has 1 unspecified atom stereocenters. The van der Waals surface area contributed by atoms with E-state index in [9.17, 15) is 9.50 Å². The summed E-state index contributed by atoms with van der Waals surface area (Å²) >= 11 is 0. The van der Waals surface area contributed by atoms with E-state index < -0.39 is 11.4 Å². The second kappa shape index (κ2) is 6.87. The Hall–Kier alpha value is -1.13. The highest BCUT2D eigenvalue weighted by Gasteiger charge is 2.21. The normalized spacial score (nSPS) is 14.5. The van der Waals surface area contributed by atoms with Crippen LogP contribution in [0.15, 0.2) is 18.2 Å². The fourth-order valence-electron chi connectivity index (χ4n) is 1.98. The van der Waals surface area contributed by atoms with Gasteiger partial charge in [-0.3, -0.25) is 0 Å². The Balaban J connectivity index is 2.59. The predicted molar refractivity (Wildman–Crippen MR) is 75.0 cm³/mol. The number of aliphatic hydroxyl groups is 1. The molecule has 0 spiro atoms. The summed E-state index contributed by atoms with van der Waals surface area (Å²) in [6, 6.07) is 5.19. The van der Waals surface area contributed by atoms with Gasteiger partial charge in [-0.05, 0) is 37.6 Å². The van der Waals surface area contributed by atoms with Crippen molar-refractivity contribution in [1.29, 1.82) is 0 Å². The highest BCUT2D eigenvalue weighted by molar-refractivity contribution is 5.30. The van der Waals surface area contributed by atoms with Gasteiger partial charge in [0.1, 0.15) is 0 Å². The molecule has 0 heterocycles. The Bertz CT molecular complexity index is 405. The molecule has 1 atom stereocenters. The molecule has 0 aliphatic heterocycles. The molecular weight excluding hydrogens is 245 g/mol. The highest BCUT2D eigenvalue weighted by Crippen LogP contribution is 2.22. The van der Waals surface area contributed by atoms with E-state index in [1.54, 1.807) is 19.1 Å². The zero-order valence-corrected chi connectivity index (χ0v) is 12.2. The fraction of sp³-hybridized carbons (Fsp3) is 0.600. The summed E-state index contributed by atoms with van der Waals surface area (Å²) in [4.78, 5) is 0. The van der Waals surface area contributed by atoms with Crippen molar-refractivity contribution in [3.63, 3.8) is 0 Å². The van der Waals surface area contributed by atoms with Gasteiger partial charge >= 0.3 is 0 Å². The fourth-order valence-corrected chi connectivity index (χ4v) is 1.98. The minimum Gasteiger partial charge on any atom is -0.494 e. The van der Waals surface area contributed by atoms with Crippen LogP contribution >= 0.6 is 0 Å². The zero-order chi connectivity index (χ0) is 14.5. The maximum absolute atomic E-state index is 13.6. The van der Waals surface area contributed by atoms with Crippen LogP contribution in [-0.4, -0.2) is 30.4 Å². The summed E-state index contributed by atoms with van der Waals surface area (Å²) < 4.78 is 18.4. The molecule has 4 heteroatoms. The summed E-state index contributed by atoms with van der Waals surface area (Å²) in [5.74, 6) is -0.166. The first-order valence-corrected chi connectivity index (χ1v) is 6.62. The van der Waals surface area contributed by atoms with Crippen LogP contribution < -0.4 is 10.1 Å². The van der Waals surface area contributed by atoms with Gasteiger partial charge < -0.3 is 15.2 Å². The first kappa shape index (κ1) is 15.9. The second-order valence-corrected chi connectivity index (χ2v) is 5.50. The van der Waals surface area contributed by atoms with Crippen LogP contribution in [0.5, 0.6) is 5.75 Å². The van der Waals surface area contributed by atoms with Gasteiger partial charge in [0.05, 0.1) is 12.7 Å². The van der Waals surface area contributed by atoms with Crippen LogP contribution in [0.3, 0.4) is 0 Å². The number of benzene rings is 1. The van der Waals surface area contributed by atoms with Crippen molar-refractivity contribution in [3.8, 4) is 5.75 Å². The van der Waals surface area contributed by atoms with Gasteiger partial charge in [-0.2, -0.15) is 0 Å². The van der Waals surface area contributed by atoms with Gasteiger partial charge in [0.25, 0.3) is 0 Å². The minimum atomic E-state index is -0.844. The molecule has 1 aromatic carbocycles. The molecule has 0 saturated carbocycles. The van der Waals surface area contributed by atoms with E-state index in [1.165, 1.54) is 13.2 Å². The number of methoxy groups -OCH3 is 1. The summed E-state index contributed by atoms with van der Waals surface area (Å²) in [5, 5.41) is 13.6. The first-order valence-electron chi connectivity index (χ1n) is 6.62. The molecule has 108 valence electrons. The van der Waals surface area contributed by atoms with Gasteiger partial charge in [-0.25, -0.2) is 4.39 Å². The molecule has 0 bridgehead atoms. The Labute approximate surface area is 114 Å². The molecule has 1 aromatic rings. The molecule has 1 rings (SSSR count). The largest absolute Gasteiger partial charge is 0.494 e. The van der Waals surface area contributed by atoms with Crippen molar-refractivity contribution in [3.05, 3.63) is 29.6 Å². The van der Waals surface area contributed by atoms with E-state index in [0.29, 0.717) is 18.9 Å². The lowest BCUT2D eigenvalue weighted by atomic mass is 9.93. The maximum Gasteiger partial charge on any atom is 0.165 e. The molecular formula is C15H24FNO2. The third kappa shape index (κ3) is 5.57. The van der Waals surface area contributed by atoms with E-state index in [2.05, 4.69) is 19.2 Å². The van der Waals surface area contributed by atoms with Gasteiger partial charge in [0, 0.05) is 12.5 Å². The van der Waals surface area contributed by atoms with E-state index in [1.807, 2.05) is 0 Å². The Morgan fingerprint density at radius 3 is 2.63 bits per heavy atom. The third-order valence-corrected chi connectivity index (χ3v) is 3.02. The molecule has 19 heavy (non-hydrogen) atoms. The van der Waals surface area contributed by atoms with Gasteiger partial charge in [-0.15, -0.1) is 0 Å². The number of hydrogen-bond donors (Lipinski definition) is 2. The molecule has 3 nitrogen and oxygen atoms in total. The minimum absolute atomic E-state index is 0.227. The summed E-state index contributed by atoms with van der Waals surface area (Å²) in [5.41, 5.74) is -0.0732. The van der Waals surface area contributed by atoms with Crippen molar-refractivity contribution in [1.82, 2.24) is 5.32 Å². The lowest BCUT2D eigenvalue weighted by Crippen LogP contribution is -2.34. The number of ether oxygens (including phenoxy) is 1. The molecule has 0 fully saturated rings. The number of rotatable bonds is 7. The summed E-state index contributed by atoms with van der Waals surface area (Å²) in [7, 11) is 1.44. The van der Waals surface area contributed by atoms with E-state index in [-0.39, 0.29) is 5.75 Å². The molecule has 0 saturated heterocycles. The van der Waals surface area contributed by atoms with Crippen LogP contribution in [-0.2, 0) is 6.42 Å². The number of nitrogens with one attached hydrogen (secondary N) is 1. The lowest BCUT2D eigenvalue weighted by Gasteiger charge is -2.24. The number of hydrogen-bond acceptors (Lipinski definition) is 3. The van der Waals surface area contributed by atoms with E-state index in [0.717, 1.165) is 12.1 Å². The topological polar surface area (TPSA) is 41.5 Å². The van der Waals surface area contributed by atoms with Gasteiger partial charge in [0.2, 0.25) is 0 Å². The standard InChI is InChI=1S/C15H24FNO2/c1-11(2)17-8-7-15(3,18)10-12-5-6-14(19-4)13(16)9-12/h5-6,9,11,17-18H,7-8,10H2,1-4H3. The average Bonchev–Trinajstić information content (AvgIpc) is 2.27. The summed E-state index contributed by atoms with van der Waals surface area (Å²) in [6.07, 6.45) is 1.05. The van der Waals surface area contributed by atoms with E-state index >= 15 is 0 Å². The van der Waals surface area contributed by atoms with Crippen LogP contribution in [0.1, 0.15) is 32.8 Å². The lowest BCUT2D eigenvalue weighted by molar-refractivity contribution is 0.0510. The average molecular weight is 269 g/mol. The van der Waals surface area contributed by atoms with Crippen LogP contribution in [0.4, 0.5) is 4.39 Å². The molecule has 0 amide bonds. The van der Waals surface area contributed by atoms with Crippen molar-refractivity contribution in [2.45, 2.75) is 45.3 Å². The monoisotopic (exact) mass is 269 g/mol. The van der Waals surface area contributed by atoms with Gasteiger partial charge in [0.15, 0.2) is 11.6 Å². The predicted octanol–water partition coefficient (Wildman–Crippen LogP) is 2.52. The Morgan fingerprint density at radius 1 is 1.42 bits per heavy atom. The van der Waals surface area contributed by atoms with Crippen LogP contribution in [0.2, 0.25) is 0 Å². The maximum atomic E-state index is 13.6. The zero-order valence-electron chi connectivity index (χ0n) is 12.2. The SMILES string of the molecule is COc1ccc(CC(C)(O)CCNC(C)C)cc1F. The molecule has 0 aliphatic rings. The third-order valence-electron chi connectivity index (χ3n) is 3.02. The molecule has 0 radical (unpaired) electrons. The smallest absolute Gasteiger partial charge is 0.165 e. The quantitative estimate of drug-likeness (QED) is 0.799. The highest BCUT2D eigenvalue weighted by atomic mass is 19.1. The van der Waals surface area contributed by atoms with Gasteiger partial charge in [-0.1, -0.05) is 19.9 Å². The van der Waals surface area contributed by atoms with Crippen LogP contribution in [0, 0.1) is 5.82 Å². The van der Waals surface area contributed by atoms with Crippen molar-refractivity contribution in [2.24, 2.45) is 0 Å².